The normalized spacial score (nSPS) is 12.9. The highest BCUT2D eigenvalue weighted by Gasteiger charge is 2.17. The van der Waals surface area contributed by atoms with Crippen LogP contribution in [0.4, 0.5) is 0 Å². The average Bonchev–Trinajstić information content (AvgIpc) is 2.57. The van der Waals surface area contributed by atoms with Crippen LogP contribution in [0.1, 0.15) is 18.9 Å². The fourth-order valence-corrected chi connectivity index (χ4v) is 2.07. The summed E-state index contributed by atoms with van der Waals surface area (Å²) in [5.41, 5.74) is 1.03. The van der Waals surface area contributed by atoms with Gasteiger partial charge in [0.05, 0.1) is 21.1 Å². The molecule has 96 valence electrons. The molecule has 0 aliphatic rings. The lowest BCUT2D eigenvalue weighted by atomic mass is 10.3. The molecule has 0 spiro atoms. The van der Waals surface area contributed by atoms with E-state index in [9.17, 15) is 9.90 Å². The summed E-state index contributed by atoms with van der Waals surface area (Å²) in [6.45, 7) is 1.22. The van der Waals surface area contributed by atoms with Crippen molar-refractivity contribution in [2.24, 2.45) is 0 Å². The Kier molecular flexibility index (Phi) is 3.47. The Balaban J connectivity index is 2.72. The first kappa shape index (κ1) is 13.1. The van der Waals surface area contributed by atoms with E-state index in [1.807, 2.05) is 0 Å². The molecule has 0 fully saturated rings. The number of aliphatic hydroxyl groups is 1. The third-order valence-corrected chi connectivity index (χ3v) is 3.21. The molecular weight excluding hydrogens is 279 g/mol. The van der Waals surface area contributed by atoms with Gasteiger partial charge in [-0.15, -0.1) is 0 Å². The number of hydrogen-bond donors (Lipinski definition) is 2. The molecule has 0 saturated heterocycles. The van der Waals surface area contributed by atoms with E-state index in [4.69, 9.17) is 28.3 Å². The number of aliphatic hydroxyl groups excluding tert-OH is 1. The lowest BCUT2D eigenvalue weighted by Crippen LogP contribution is -2.13. The molecule has 2 aromatic rings. The maximum absolute atomic E-state index is 10.8. The molecule has 2 N–H and O–H groups in total. The molecule has 18 heavy (non-hydrogen) atoms. The van der Waals surface area contributed by atoms with Crippen LogP contribution in [-0.2, 0) is 11.3 Å². The second-order valence-corrected chi connectivity index (χ2v) is 4.70. The number of carbonyl (C=O) groups is 1. The molecule has 0 amide bonds. The van der Waals surface area contributed by atoms with Crippen molar-refractivity contribution in [3.8, 4) is 0 Å². The average molecular weight is 289 g/mol. The van der Waals surface area contributed by atoms with Crippen LogP contribution in [0, 0.1) is 0 Å². The van der Waals surface area contributed by atoms with Crippen LogP contribution in [0.15, 0.2) is 12.1 Å². The predicted molar refractivity (Wildman–Crippen MR) is 68.0 cm³/mol. The van der Waals surface area contributed by atoms with Crippen molar-refractivity contribution in [1.82, 2.24) is 9.55 Å². The van der Waals surface area contributed by atoms with Gasteiger partial charge in [-0.2, -0.15) is 0 Å². The van der Waals surface area contributed by atoms with E-state index < -0.39 is 12.1 Å². The molecule has 0 bridgehead atoms. The molecule has 0 unspecified atom stereocenters. The van der Waals surface area contributed by atoms with Gasteiger partial charge in [-0.3, -0.25) is 4.79 Å². The van der Waals surface area contributed by atoms with Gasteiger partial charge in [-0.25, -0.2) is 4.98 Å². The third kappa shape index (κ3) is 2.29. The minimum absolute atomic E-state index is 0.269. The summed E-state index contributed by atoms with van der Waals surface area (Å²) in [4.78, 5) is 15.0. The Morgan fingerprint density at radius 1 is 1.44 bits per heavy atom. The minimum Gasteiger partial charge on any atom is -0.480 e. The highest BCUT2D eigenvalue weighted by molar-refractivity contribution is 6.42. The molecular formula is C11H10Cl2N2O3. The highest BCUT2D eigenvalue weighted by Crippen LogP contribution is 2.29. The largest absolute Gasteiger partial charge is 0.480 e. The van der Waals surface area contributed by atoms with Gasteiger partial charge in [0.2, 0.25) is 0 Å². The number of nitrogens with zero attached hydrogens (tertiary/aromatic N) is 2. The summed E-state index contributed by atoms with van der Waals surface area (Å²) in [6.07, 6.45) is -0.880. The molecule has 1 atom stereocenters. The van der Waals surface area contributed by atoms with Crippen LogP contribution in [0.25, 0.3) is 11.0 Å². The molecule has 0 aliphatic carbocycles. The van der Waals surface area contributed by atoms with Crippen LogP contribution in [-0.4, -0.2) is 25.7 Å². The number of imidazole rings is 1. The Morgan fingerprint density at radius 2 is 2.06 bits per heavy atom. The van der Waals surface area contributed by atoms with E-state index >= 15 is 0 Å². The van der Waals surface area contributed by atoms with E-state index in [2.05, 4.69) is 4.98 Å². The number of carboxylic acids is 1. The third-order valence-electron chi connectivity index (χ3n) is 2.49. The Morgan fingerprint density at radius 3 is 2.61 bits per heavy atom. The number of halogens is 2. The second-order valence-electron chi connectivity index (χ2n) is 3.88. The highest BCUT2D eigenvalue weighted by atomic mass is 35.5. The molecule has 5 nitrogen and oxygen atoms in total. The Labute approximate surface area is 113 Å². The van der Waals surface area contributed by atoms with Gasteiger partial charge in [-0.1, -0.05) is 23.2 Å². The predicted octanol–water partition coefficient (Wildman–Crippen LogP) is 2.48. The number of rotatable bonds is 3. The van der Waals surface area contributed by atoms with Crippen LogP contribution < -0.4 is 0 Å². The molecule has 0 radical (unpaired) electrons. The van der Waals surface area contributed by atoms with Gasteiger partial charge < -0.3 is 14.8 Å². The molecule has 2 rings (SSSR count). The molecule has 1 heterocycles. The van der Waals surface area contributed by atoms with Crippen LogP contribution in [0.3, 0.4) is 0 Å². The zero-order chi connectivity index (χ0) is 13.4. The van der Waals surface area contributed by atoms with E-state index in [1.165, 1.54) is 11.5 Å². The second kappa shape index (κ2) is 4.76. The van der Waals surface area contributed by atoms with Crippen molar-refractivity contribution in [1.29, 1.82) is 0 Å². The Hall–Kier alpha value is -1.30. The number of fused-ring (bicyclic) bond motifs is 1. The molecule has 1 aromatic carbocycles. The standard InChI is InChI=1S/C11H10Cl2N2O3/c1-5(16)11-14-8-2-6(12)7(13)3-9(8)15(11)4-10(17)18/h2-3,5,16H,4H2,1H3,(H,17,18)/t5-/m0/s1. The maximum Gasteiger partial charge on any atom is 0.323 e. The van der Waals surface area contributed by atoms with Gasteiger partial charge in [0.1, 0.15) is 18.5 Å². The summed E-state index contributed by atoms with van der Waals surface area (Å²) in [5, 5.41) is 19.1. The van der Waals surface area contributed by atoms with Gasteiger partial charge in [0.25, 0.3) is 0 Å². The van der Waals surface area contributed by atoms with Crippen LogP contribution in [0.2, 0.25) is 10.0 Å². The fourth-order valence-electron chi connectivity index (χ4n) is 1.76. The lowest BCUT2D eigenvalue weighted by molar-refractivity contribution is -0.137. The van der Waals surface area contributed by atoms with Gasteiger partial charge in [0, 0.05) is 0 Å². The van der Waals surface area contributed by atoms with E-state index in [1.54, 1.807) is 12.1 Å². The zero-order valence-corrected chi connectivity index (χ0v) is 10.9. The van der Waals surface area contributed by atoms with Crippen molar-refractivity contribution in [2.75, 3.05) is 0 Å². The Bertz CT molecular complexity index is 622. The van der Waals surface area contributed by atoms with E-state index in [0.29, 0.717) is 21.1 Å². The summed E-state index contributed by atoms with van der Waals surface area (Å²) < 4.78 is 1.41. The first-order valence-electron chi connectivity index (χ1n) is 5.15. The number of carboxylic acid groups (broad SMARTS) is 1. The van der Waals surface area contributed by atoms with Crippen LogP contribution >= 0.6 is 23.2 Å². The molecule has 7 heteroatoms. The summed E-state index contributed by atoms with van der Waals surface area (Å²) >= 11 is 11.8. The number of hydrogen-bond acceptors (Lipinski definition) is 3. The summed E-state index contributed by atoms with van der Waals surface area (Å²) in [5.74, 6) is -0.756. The SMILES string of the molecule is C[C@H](O)c1nc2cc(Cl)c(Cl)cc2n1CC(=O)O. The fraction of sp³-hybridized carbons (Fsp3) is 0.273. The quantitative estimate of drug-likeness (QED) is 0.910. The van der Waals surface area contributed by atoms with E-state index in [0.717, 1.165) is 0 Å². The van der Waals surface area contributed by atoms with Gasteiger partial charge >= 0.3 is 5.97 Å². The summed E-state index contributed by atoms with van der Waals surface area (Å²) in [6, 6.07) is 3.09. The first-order chi connectivity index (χ1) is 8.40. The van der Waals surface area contributed by atoms with Crippen LogP contribution in [0.5, 0.6) is 0 Å². The number of benzene rings is 1. The monoisotopic (exact) mass is 288 g/mol. The first-order valence-corrected chi connectivity index (χ1v) is 5.90. The summed E-state index contributed by atoms with van der Waals surface area (Å²) in [7, 11) is 0. The number of aliphatic carboxylic acids is 1. The molecule has 0 saturated carbocycles. The topological polar surface area (TPSA) is 75.4 Å². The maximum atomic E-state index is 10.8. The number of aromatic nitrogens is 2. The van der Waals surface area contributed by atoms with Crippen molar-refractivity contribution < 1.29 is 15.0 Å². The van der Waals surface area contributed by atoms with E-state index in [-0.39, 0.29) is 12.4 Å². The van der Waals surface area contributed by atoms with Crippen molar-refractivity contribution in [3.05, 3.63) is 28.0 Å². The minimum atomic E-state index is -1.03. The van der Waals surface area contributed by atoms with Gasteiger partial charge in [0.15, 0.2) is 0 Å². The zero-order valence-electron chi connectivity index (χ0n) is 9.39. The molecule has 0 aliphatic heterocycles. The van der Waals surface area contributed by atoms with Crippen molar-refractivity contribution in [3.63, 3.8) is 0 Å². The smallest absolute Gasteiger partial charge is 0.323 e. The van der Waals surface area contributed by atoms with Gasteiger partial charge in [-0.05, 0) is 19.1 Å². The lowest BCUT2D eigenvalue weighted by Gasteiger charge is -2.08. The van der Waals surface area contributed by atoms with Crippen molar-refractivity contribution in [2.45, 2.75) is 19.6 Å². The van der Waals surface area contributed by atoms with Crippen molar-refractivity contribution >= 4 is 40.2 Å². The molecule has 1 aromatic heterocycles.